The summed E-state index contributed by atoms with van der Waals surface area (Å²) in [6.07, 6.45) is 1.57. The molecule has 0 atom stereocenters. The molecule has 6 heteroatoms. The van der Waals surface area contributed by atoms with Gasteiger partial charge in [0.15, 0.2) is 0 Å². The molecule has 2 heterocycles. The van der Waals surface area contributed by atoms with Crippen molar-refractivity contribution in [2.24, 2.45) is 0 Å². The Bertz CT molecular complexity index is 816. The van der Waals surface area contributed by atoms with Crippen molar-refractivity contribution in [2.45, 2.75) is 0 Å². The molecule has 0 saturated carbocycles. The molecule has 0 bridgehead atoms. The highest BCUT2D eigenvalue weighted by Gasteiger charge is 2.20. The Morgan fingerprint density at radius 1 is 1.24 bits per heavy atom. The number of hydrogen-bond acceptors (Lipinski definition) is 5. The first-order valence-corrected chi connectivity index (χ1v) is 6.28. The zero-order valence-electron chi connectivity index (χ0n) is 11.3. The number of ether oxygens (including phenoxy) is 1. The number of nitrogens with one attached hydrogen (secondary N) is 1. The zero-order valence-corrected chi connectivity index (χ0v) is 11.3. The Morgan fingerprint density at radius 3 is 2.76 bits per heavy atom. The van der Waals surface area contributed by atoms with Crippen LogP contribution in [0.5, 0.6) is 5.75 Å². The number of methoxy groups -OCH3 is 1. The second-order valence-electron chi connectivity index (χ2n) is 4.41. The van der Waals surface area contributed by atoms with Crippen molar-refractivity contribution >= 4 is 5.88 Å². The minimum atomic E-state index is -0.186. The molecule has 0 fully saturated rings. The summed E-state index contributed by atoms with van der Waals surface area (Å²) in [4.78, 5) is 13.8. The quantitative estimate of drug-likeness (QED) is 0.769. The number of nitrogen functional groups attached to an aromatic ring is 1. The minimum absolute atomic E-state index is 0.186. The molecule has 0 radical (unpaired) electrons. The number of para-hydroxylation sites is 1. The maximum absolute atomic E-state index is 11.2. The van der Waals surface area contributed by atoms with Crippen LogP contribution in [0.25, 0.3) is 22.4 Å². The van der Waals surface area contributed by atoms with Crippen LogP contribution in [-0.2, 0) is 0 Å². The lowest BCUT2D eigenvalue weighted by Gasteiger charge is -2.08. The SMILES string of the molecule is COc1ccccc1-c1c(-c2ccc(=O)[nH]c2)noc1N. The Kier molecular flexibility index (Phi) is 3.19. The van der Waals surface area contributed by atoms with Gasteiger partial charge in [0.2, 0.25) is 11.4 Å². The van der Waals surface area contributed by atoms with Crippen LogP contribution in [0.3, 0.4) is 0 Å². The molecule has 0 amide bonds. The van der Waals surface area contributed by atoms with E-state index in [4.69, 9.17) is 15.0 Å². The predicted molar refractivity (Wildman–Crippen MR) is 79.0 cm³/mol. The minimum Gasteiger partial charge on any atom is -0.496 e. The van der Waals surface area contributed by atoms with Gasteiger partial charge >= 0.3 is 0 Å². The fourth-order valence-corrected chi connectivity index (χ4v) is 2.17. The monoisotopic (exact) mass is 283 g/mol. The smallest absolute Gasteiger partial charge is 0.247 e. The topological polar surface area (TPSA) is 94.1 Å². The first-order valence-electron chi connectivity index (χ1n) is 6.28. The van der Waals surface area contributed by atoms with Gasteiger partial charge in [-0.3, -0.25) is 4.79 Å². The molecule has 1 aromatic carbocycles. The van der Waals surface area contributed by atoms with E-state index in [1.807, 2.05) is 24.3 Å². The van der Waals surface area contributed by atoms with E-state index in [-0.39, 0.29) is 11.4 Å². The first-order chi connectivity index (χ1) is 10.2. The summed E-state index contributed by atoms with van der Waals surface area (Å²) < 4.78 is 10.5. The number of pyridine rings is 1. The molecule has 3 N–H and O–H groups in total. The lowest BCUT2D eigenvalue weighted by molar-refractivity contribution is 0.416. The zero-order chi connectivity index (χ0) is 14.8. The average molecular weight is 283 g/mol. The molecule has 0 spiro atoms. The second-order valence-corrected chi connectivity index (χ2v) is 4.41. The molecule has 6 nitrogen and oxygen atoms in total. The van der Waals surface area contributed by atoms with Crippen LogP contribution in [0.4, 0.5) is 5.88 Å². The van der Waals surface area contributed by atoms with Crippen molar-refractivity contribution in [3.05, 3.63) is 52.9 Å². The van der Waals surface area contributed by atoms with E-state index in [1.165, 1.54) is 6.07 Å². The van der Waals surface area contributed by atoms with Crippen molar-refractivity contribution in [1.29, 1.82) is 0 Å². The summed E-state index contributed by atoms with van der Waals surface area (Å²) in [5.41, 5.74) is 8.39. The molecule has 0 unspecified atom stereocenters. The number of aromatic nitrogens is 2. The van der Waals surface area contributed by atoms with Crippen molar-refractivity contribution in [2.75, 3.05) is 12.8 Å². The largest absolute Gasteiger partial charge is 0.496 e. The Hall–Kier alpha value is -3.02. The third-order valence-corrected chi connectivity index (χ3v) is 3.15. The third kappa shape index (κ3) is 2.27. The van der Waals surface area contributed by atoms with Crippen molar-refractivity contribution in [3.8, 4) is 28.1 Å². The number of benzene rings is 1. The molecule has 0 aliphatic rings. The first kappa shape index (κ1) is 13.0. The standard InChI is InChI=1S/C15H13N3O3/c1-20-11-5-3-2-4-10(11)13-14(18-21-15(13)16)9-6-7-12(19)17-8-9/h2-8H,16H2,1H3,(H,17,19). The summed E-state index contributed by atoms with van der Waals surface area (Å²) >= 11 is 0. The lowest BCUT2D eigenvalue weighted by Crippen LogP contribution is -2.01. The van der Waals surface area contributed by atoms with Crippen LogP contribution in [0.2, 0.25) is 0 Å². The maximum Gasteiger partial charge on any atom is 0.247 e. The molecule has 3 rings (SSSR count). The Morgan fingerprint density at radius 2 is 2.05 bits per heavy atom. The van der Waals surface area contributed by atoms with Gasteiger partial charge in [-0.15, -0.1) is 0 Å². The summed E-state index contributed by atoms with van der Waals surface area (Å²) in [6.45, 7) is 0. The molecule has 2 aromatic heterocycles. The van der Waals surface area contributed by atoms with E-state index in [0.717, 1.165) is 5.56 Å². The fraction of sp³-hybridized carbons (Fsp3) is 0.0667. The van der Waals surface area contributed by atoms with E-state index in [9.17, 15) is 4.79 Å². The summed E-state index contributed by atoms with van der Waals surface area (Å²) in [5.74, 6) is 0.860. The summed E-state index contributed by atoms with van der Waals surface area (Å²) in [6, 6.07) is 10.5. The van der Waals surface area contributed by atoms with Gasteiger partial charge in [0.1, 0.15) is 11.4 Å². The van der Waals surface area contributed by atoms with Crippen LogP contribution < -0.4 is 16.0 Å². The van der Waals surface area contributed by atoms with Gasteiger partial charge in [0.05, 0.1) is 12.7 Å². The van der Waals surface area contributed by atoms with Gasteiger partial charge in [-0.2, -0.15) is 0 Å². The lowest BCUT2D eigenvalue weighted by atomic mass is 10.0. The van der Waals surface area contributed by atoms with Crippen molar-refractivity contribution in [1.82, 2.24) is 10.1 Å². The molecular formula is C15H13N3O3. The number of anilines is 1. The van der Waals surface area contributed by atoms with Gasteiger partial charge in [0.25, 0.3) is 0 Å². The molecule has 21 heavy (non-hydrogen) atoms. The highest BCUT2D eigenvalue weighted by atomic mass is 16.5. The van der Waals surface area contributed by atoms with Crippen molar-refractivity contribution in [3.63, 3.8) is 0 Å². The highest BCUT2D eigenvalue weighted by molar-refractivity contribution is 5.89. The van der Waals surface area contributed by atoms with Crippen LogP contribution in [-0.4, -0.2) is 17.3 Å². The van der Waals surface area contributed by atoms with Crippen LogP contribution in [0, 0.1) is 0 Å². The van der Waals surface area contributed by atoms with Gasteiger partial charge < -0.3 is 20.0 Å². The number of hydrogen-bond donors (Lipinski definition) is 2. The Labute approximate surface area is 120 Å². The van der Waals surface area contributed by atoms with E-state index < -0.39 is 0 Å². The maximum atomic E-state index is 11.2. The fourth-order valence-electron chi connectivity index (χ4n) is 2.17. The normalized spacial score (nSPS) is 10.5. The molecular weight excluding hydrogens is 270 g/mol. The van der Waals surface area contributed by atoms with Crippen LogP contribution in [0.15, 0.2) is 51.9 Å². The number of nitrogens with two attached hydrogens (primary N) is 1. The summed E-state index contributed by atoms with van der Waals surface area (Å²) in [5, 5.41) is 3.99. The average Bonchev–Trinajstić information content (AvgIpc) is 2.89. The predicted octanol–water partition coefficient (Wildman–Crippen LogP) is 2.29. The van der Waals surface area contributed by atoms with Gasteiger partial charge in [-0.25, -0.2) is 0 Å². The molecule has 0 aliphatic carbocycles. The van der Waals surface area contributed by atoms with E-state index in [1.54, 1.807) is 19.4 Å². The van der Waals surface area contributed by atoms with Crippen molar-refractivity contribution < 1.29 is 9.26 Å². The highest BCUT2D eigenvalue weighted by Crippen LogP contribution is 2.40. The summed E-state index contributed by atoms with van der Waals surface area (Å²) in [7, 11) is 1.59. The van der Waals surface area contributed by atoms with Crippen LogP contribution >= 0.6 is 0 Å². The number of nitrogens with zero attached hydrogens (tertiary/aromatic N) is 1. The Balaban J connectivity index is 2.22. The van der Waals surface area contributed by atoms with Gasteiger partial charge in [-0.05, 0) is 12.1 Å². The molecule has 3 aromatic rings. The second kappa shape index (κ2) is 5.16. The van der Waals surface area contributed by atoms with Crippen LogP contribution in [0.1, 0.15) is 0 Å². The number of aromatic amines is 1. The third-order valence-electron chi connectivity index (χ3n) is 3.15. The molecule has 106 valence electrons. The molecule has 0 saturated heterocycles. The number of rotatable bonds is 3. The van der Waals surface area contributed by atoms with Gasteiger partial charge in [0, 0.05) is 23.4 Å². The van der Waals surface area contributed by atoms with E-state index in [0.29, 0.717) is 22.6 Å². The van der Waals surface area contributed by atoms with E-state index >= 15 is 0 Å². The molecule has 0 aliphatic heterocycles. The van der Waals surface area contributed by atoms with E-state index in [2.05, 4.69) is 10.1 Å². The number of H-pyrrole nitrogens is 1. The van der Waals surface area contributed by atoms with Gasteiger partial charge in [-0.1, -0.05) is 23.4 Å².